The molecule has 7 nitrogen and oxygen atoms in total. The Bertz CT molecular complexity index is 1210. The van der Waals surface area contributed by atoms with Crippen LogP contribution in [0.4, 0.5) is 5.69 Å². The smallest absolute Gasteiger partial charge is 0.244 e. The van der Waals surface area contributed by atoms with E-state index in [0.29, 0.717) is 21.3 Å². The zero-order valence-electron chi connectivity index (χ0n) is 21.1. The molecule has 1 saturated carbocycles. The highest BCUT2D eigenvalue weighted by molar-refractivity contribution is 7.92. The summed E-state index contributed by atoms with van der Waals surface area (Å²) in [7, 11) is -3.78. The van der Waals surface area contributed by atoms with Crippen molar-refractivity contribution in [3.8, 4) is 0 Å². The van der Waals surface area contributed by atoms with Gasteiger partial charge in [0.2, 0.25) is 21.8 Å². The average Bonchev–Trinajstić information content (AvgIpc) is 3.29. The van der Waals surface area contributed by atoms with Crippen LogP contribution in [0.25, 0.3) is 0 Å². The molecular weight excluding hydrogens is 521 g/mol. The van der Waals surface area contributed by atoms with Crippen molar-refractivity contribution in [1.82, 2.24) is 10.2 Å². The number of anilines is 1. The average molecular weight is 555 g/mol. The SMILES string of the molecule is Cc1cc(C)cc(N(CC(=O)N(Cc2ccc(Cl)c(Cl)c2)[C@H](C)C(=O)NC2CCCC2)S(C)(=O)=O)c1. The monoisotopic (exact) mass is 553 g/mol. The van der Waals surface area contributed by atoms with Crippen LogP contribution in [0.5, 0.6) is 0 Å². The summed E-state index contributed by atoms with van der Waals surface area (Å²) >= 11 is 12.2. The van der Waals surface area contributed by atoms with Gasteiger partial charge in [0.15, 0.2) is 0 Å². The van der Waals surface area contributed by atoms with Crippen LogP contribution >= 0.6 is 23.2 Å². The van der Waals surface area contributed by atoms with Crippen molar-refractivity contribution in [3.63, 3.8) is 0 Å². The summed E-state index contributed by atoms with van der Waals surface area (Å²) in [5.74, 6) is -0.771. The summed E-state index contributed by atoms with van der Waals surface area (Å²) < 4.78 is 26.5. The zero-order chi connectivity index (χ0) is 26.6. The Morgan fingerprint density at radius 3 is 2.19 bits per heavy atom. The molecule has 1 aliphatic rings. The molecule has 0 unspecified atom stereocenters. The standard InChI is InChI=1S/C26H33Cl2N3O4S/c1-17-11-18(2)13-22(12-17)31(36(4,34)35)16-25(32)30(15-20-9-10-23(27)24(28)14-20)19(3)26(33)29-21-7-5-6-8-21/h9-14,19,21H,5-8,15-16H2,1-4H3,(H,29,33)/t19-/m1/s1. The summed E-state index contributed by atoms with van der Waals surface area (Å²) in [4.78, 5) is 28.2. The lowest BCUT2D eigenvalue weighted by Gasteiger charge is -2.32. The van der Waals surface area contributed by atoms with Crippen molar-refractivity contribution in [2.24, 2.45) is 0 Å². The first kappa shape index (κ1) is 28.3. The fourth-order valence-electron chi connectivity index (χ4n) is 4.52. The molecule has 2 aromatic rings. The fourth-order valence-corrected chi connectivity index (χ4v) is 5.67. The molecule has 10 heteroatoms. The fraction of sp³-hybridized carbons (Fsp3) is 0.462. The van der Waals surface area contributed by atoms with Crippen LogP contribution < -0.4 is 9.62 Å². The van der Waals surface area contributed by atoms with Gasteiger partial charge in [-0.25, -0.2) is 8.42 Å². The van der Waals surface area contributed by atoms with Crippen LogP contribution in [0.2, 0.25) is 10.0 Å². The van der Waals surface area contributed by atoms with Gasteiger partial charge in [0.25, 0.3) is 0 Å². The minimum atomic E-state index is -3.78. The number of aryl methyl sites for hydroxylation is 2. The molecule has 2 amide bonds. The van der Waals surface area contributed by atoms with Gasteiger partial charge in [-0.1, -0.05) is 48.2 Å². The molecule has 0 saturated heterocycles. The lowest BCUT2D eigenvalue weighted by Crippen LogP contribution is -2.52. The third kappa shape index (κ3) is 7.37. The summed E-state index contributed by atoms with van der Waals surface area (Å²) in [6, 6.07) is 9.64. The maximum absolute atomic E-state index is 13.7. The first-order chi connectivity index (χ1) is 16.8. The number of rotatable bonds is 9. The van der Waals surface area contributed by atoms with Crippen LogP contribution in [0.1, 0.15) is 49.3 Å². The Kier molecular flexibility index (Phi) is 9.30. The number of hydrogen-bond donors (Lipinski definition) is 1. The summed E-state index contributed by atoms with van der Waals surface area (Å²) in [5.41, 5.74) is 2.84. The molecule has 196 valence electrons. The van der Waals surface area contributed by atoms with Gasteiger partial charge >= 0.3 is 0 Å². The summed E-state index contributed by atoms with van der Waals surface area (Å²) in [6.07, 6.45) is 5.01. The van der Waals surface area contributed by atoms with E-state index in [0.717, 1.165) is 47.4 Å². The van der Waals surface area contributed by atoms with Crippen molar-refractivity contribution in [1.29, 1.82) is 0 Å². The van der Waals surface area contributed by atoms with Crippen molar-refractivity contribution in [3.05, 3.63) is 63.1 Å². The molecule has 1 fully saturated rings. The molecule has 0 bridgehead atoms. The van der Waals surface area contributed by atoms with Crippen molar-refractivity contribution >= 4 is 50.7 Å². The maximum Gasteiger partial charge on any atom is 0.244 e. The van der Waals surface area contributed by atoms with E-state index in [4.69, 9.17) is 23.2 Å². The zero-order valence-corrected chi connectivity index (χ0v) is 23.4. The molecule has 1 N–H and O–H groups in total. The Morgan fingerprint density at radius 1 is 1.03 bits per heavy atom. The second-order valence-electron chi connectivity index (χ2n) is 9.55. The molecule has 0 heterocycles. The third-order valence-electron chi connectivity index (χ3n) is 6.38. The van der Waals surface area contributed by atoms with E-state index >= 15 is 0 Å². The minimum absolute atomic E-state index is 0.0689. The predicted molar refractivity (Wildman–Crippen MR) is 145 cm³/mol. The third-order valence-corrected chi connectivity index (χ3v) is 8.26. The first-order valence-corrected chi connectivity index (χ1v) is 14.6. The number of sulfonamides is 1. The van der Waals surface area contributed by atoms with Crippen LogP contribution in [0, 0.1) is 13.8 Å². The van der Waals surface area contributed by atoms with Gasteiger partial charge < -0.3 is 10.2 Å². The predicted octanol–water partition coefficient (Wildman–Crippen LogP) is 4.85. The quantitative estimate of drug-likeness (QED) is 0.480. The van der Waals surface area contributed by atoms with Crippen molar-refractivity contribution in [2.75, 3.05) is 17.1 Å². The second-order valence-corrected chi connectivity index (χ2v) is 12.3. The summed E-state index contributed by atoms with van der Waals surface area (Å²) in [5, 5.41) is 3.75. The van der Waals surface area contributed by atoms with Gasteiger partial charge in [0.1, 0.15) is 12.6 Å². The number of nitrogens with one attached hydrogen (secondary N) is 1. The Hall–Kier alpha value is -2.29. The van der Waals surface area contributed by atoms with Gasteiger partial charge in [-0.2, -0.15) is 0 Å². The topological polar surface area (TPSA) is 86.8 Å². The highest BCUT2D eigenvalue weighted by atomic mass is 35.5. The Labute approximate surface area is 223 Å². The minimum Gasteiger partial charge on any atom is -0.352 e. The molecule has 0 spiro atoms. The van der Waals surface area contributed by atoms with Crippen LogP contribution in [0.15, 0.2) is 36.4 Å². The van der Waals surface area contributed by atoms with E-state index in [1.54, 1.807) is 37.3 Å². The van der Waals surface area contributed by atoms with Crippen molar-refractivity contribution in [2.45, 2.75) is 65.1 Å². The van der Waals surface area contributed by atoms with E-state index in [2.05, 4.69) is 5.32 Å². The number of hydrogen-bond acceptors (Lipinski definition) is 4. The number of benzene rings is 2. The van der Waals surface area contributed by atoms with Crippen LogP contribution in [-0.2, 0) is 26.2 Å². The molecule has 1 aliphatic carbocycles. The molecular formula is C26H33Cl2N3O4S. The molecule has 3 rings (SSSR count). The first-order valence-electron chi connectivity index (χ1n) is 11.9. The van der Waals surface area contributed by atoms with E-state index in [-0.39, 0.29) is 18.5 Å². The maximum atomic E-state index is 13.7. The normalized spacial score (nSPS) is 14.9. The number of nitrogens with zero attached hydrogens (tertiary/aromatic N) is 2. The van der Waals surface area contributed by atoms with E-state index in [9.17, 15) is 18.0 Å². The van der Waals surface area contributed by atoms with E-state index < -0.39 is 28.5 Å². The molecule has 0 aliphatic heterocycles. The molecule has 0 radical (unpaired) electrons. The van der Waals surface area contributed by atoms with Gasteiger partial charge in [-0.05, 0) is 74.6 Å². The largest absolute Gasteiger partial charge is 0.352 e. The lowest BCUT2D eigenvalue weighted by atomic mass is 10.1. The van der Waals surface area contributed by atoms with Gasteiger partial charge in [-0.3, -0.25) is 13.9 Å². The molecule has 2 aromatic carbocycles. The highest BCUT2D eigenvalue weighted by Crippen LogP contribution is 2.25. The molecule has 0 aromatic heterocycles. The molecule has 1 atom stereocenters. The number of halogens is 2. The number of amides is 2. The number of carbonyl (C=O) groups excluding carboxylic acids is 2. The number of carbonyl (C=O) groups is 2. The summed E-state index contributed by atoms with van der Waals surface area (Å²) in [6.45, 7) is 5.01. The van der Waals surface area contributed by atoms with Crippen molar-refractivity contribution < 1.29 is 18.0 Å². The van der Waals surface area contributed by atoms with Crippen LogP contribution in [0.3, 0.4) is 0 Å². The Balaban J connectivity index is 1.92. The van der Waals surface area contributed by atoms with Gasteiger partial charge in [-0.15, -0.1) is 0 Å². The highest BCUT2D eigenvalue weighted by Gasteiger charge is 2.31. The van der Waals surface area contributed by atoms with Gasteiger partial charge in [0, 0.05) is 12.6 Å². The van der Waals surface area contributed by atoms with E-state index in [1.165, 1.54) is 4.90 Å². The van der Waals surface area contributed by atoms with Crippen LogP contribution in [-0.4, -0.2) is 50.0 Å². The van der Waals surface area contributed by atoms with Gasteiger partial charge in [0.05, 0.1) is 22.0 Å². The lowest BCUT2D eigenvalue weighted by molar-refractivity contribution is -0.139. The second kappa shape index (κ2) is 11.8. The molecule has 36 heavy (non-hydrogen) atoms. The Morgan fingerprint density at radius 2 is 1.64 bits per heavy atom. The van der Waals surface area contributed by atoms with E-state index in [1.807, 2.05) is 19.9 Å².